The molecule has 0 atom stereocenters. The van der Waals surface area contributed by atoms with E-state index >= 15 is 0 Å². The molecule has 0 aliphatic heterocycles. The van der Waals surface area contributed by atoms with E-state index in [-0.39, 0.29) is 5.69 Å². The number of benzene rings is 3. The Hall–Kier alpha value is -3.27. The van der Waals surface area contributed by atoms with Gasteiger partial charge < -0.3 is 9.72 Å². The Kier molecular flexibility index (Phi) is 3.63. The molecule has 0 aliphatic carbocycles. The van der Waals surface area contributed by atoms with Crippen LogP contribution in [0.15, 0.2) is 83.7 Å². The van der Waals surface area contributed by atoms with Gasteiger partial charge in [0.15, 0.2) is 0 Å². The zero-order valence-electron chi connectivity index (χ0n) is 13.0. The van der Waals surface area contributed by atoms with E-state index in [0.29, 0.717) is 12.3 Å². The summed E-state index contributed by atoms with van der Waals surface area (Å²) in [7, 11) is 0. The van der Waals surface area contributed by atoms with Crippen molar-refractivity contribution < 1.29 is 4.74 Å². The predicted octanol–water partition coefficient (Wildman–Crippen LogP) is 4.17. The lowest BCUT2D eigenvalue weighted by Gasteiger charge is -2.06. The highest BCUT2D eigenvalue weighted by Crippen LogP contribution is 2.24. The van der Waals surface area contributed by atoms with E-state index in [1.807, 2.05) is 78.9 Å². The van der Waals surface area contributed by atoms with Crippen molar-refractivity contribution in [3.8, 4) is 11.5 Å². The van der Waals surface area contributed by atoms with E-state index in [2.05, 4.69) is 4.98 Å². The summed E-state index contributed by atoms with van der Waals surface area (Å²) in [6.45, 7) is 0.540. The highest BCUT2D eigenvalue weighted by Gasteiger charge is 2.08. The number of imidazole rings is 1. The van der Waals surface area contributed by atoms with Crippen LogP contribution in [0.1, 0.15) is 5.56 Å². The van der Waals surface area contributed by atoms with Crippen LogP contribution in [0.5, 0.6) is 11.5 Å². The Morgan fingerprint density at radius 3 is 2.29 bits per heavy atom. The molecular formula is C20H16N2O2. The second-order valence-electron chi connectivity index (χ2n) is 5.60. The number of hydrogen-bond donors (Lipinski definition) is 1. The maximum atomic E-state index is 12.3. The lowest BCUT2D eigenvalue weighted by Crippen LogP contribution is -2.17. The second kappa shape index (κ2) is 6.08. The summed E-state index contributed by atoms with van der Waals surface area (Å²) in [6.07, 6.45) is 0. The summed E-state index contributed by atoms with van der Waals surface area (Å²) >= 11 is 0. The van der Waals surface area contributed by atoms with Gasteiger partial charge in [-0.05, 0) is 29.8 Å². The smallest absolute Gasteiger partial charge is 0.326 e. The van der Waals surface area contributed by atoms with Crippen LogP contribution in [-0.4, -0.2) is 9.55 Å². The minimum absolute atomic E-state index is 0.120. The lowest BCUT2D eigenvalue weighted by molar-refractivity contribution is 0.483. The minimum Gasteiger partial charge on any atom is -0.457 e. The van der Waals surface area contributed by atoms with Crippen molar-refractivity contribution >= 4 is 11.0 Å². The molecule has 4 aromatic rings. The molecule has 0 saturated heterocycles. The van der Waals surface area contributed by atoms with Crippen LogP contribution < -0.4 is 10.4 Å². The number of ether oxygens (including phenoxy) is 1. The fourth-order valence-corrected chi connectivity index (χ4v) is 2.75. The number of aromatic amines is 1. The van der Waals surface area contributed by atoms with Gasteiger partial charge in [0.1, 0.15) is 11.5 Å². The monoisotopic (exact) mass is 316 g/mol. The van der Waals surface area contributed by atoms with E-state index < -0.39 is 0 Å². The number of rotatable bonds is 4. The van der Waals surface area contributed by atoms with Crippen LogP contribution >= 0.6 is 0 Å². The number of hydrogen-bond acceptors (Lipinski definition) is 2. The Morgan fingerprint density at radius 2 is 1.54 bits per heavy atom. The molecule has 1 aromatic heterocycles. The van der Waals surface area contributed by atoms with Gasteiger partial charge in [-0.15, -0.1) is 0 Å². The van der Waals surface area contributed by atoms with Gasteiger partial charge in [-0.1, -0.05) is 48.5 Å². The molecule has 3 aromatic carbocycles. The summed E-state index contributed by atoms with van der Waals surface area (Å²) in [5, 5.41) is 0. The normalized spacial score (nSPS) is 10.8. The van der Waals surface area contributed by atoms with Gasteiger partial charge in [-0.25, -0.2) is 4.79 Å². The molecule has 24 heavy (non-hydrogen) atoms. The highest BCUT2D eigenvalue weighted by molar-refractivity contribution is 5.77. The van der Waals surface area contributed by atoms with E-state index in [1.54, 1.807) is 4.57 Å². The zero-order chi connectivity index (χ0) is 16.4. The molecule has 0 fully saturated rings. The molecule has 4 rings (SSSR count). The van der Waals surface area contributed by atoms with Crippen molar-refractivity contribution in [2.24, 2.45) is 0 Å². The number of fused-ring (bicyclic) bond motifs is 1. The van der Waals surface area contributed by atoms with Crippen LogP contribution in [0.2, 0.25) is 0 Å². The van der Waals surface area contributed by atoms with Gasteiger partial charge in [0.05, 0.1) is 17.6 Å². The molecule has 0 unspecified atom stereocenters. The first-order valence-corrected chi connectivity index (χ1v) is 7.79. The van der Waals surface area contributed by atoms with E-state index in [9.17, 15) is 4.79 Å². The molecule has 0 bridgehead atoms. The topological polar surface area (TPSA) is 47.0 Å². The van der Waals surface area contributed by atoms with Crippen LogP contribution in [0.25, 0.3) is 11.0 Å². The Balaban J connectivity index is 1.68. The second-order valence-corrected chi connectivity index (χ2v) is 5.60. The number of para-hydroxylation sites is 1. The molecule has 0 spiro atoms. The first-order chi connectivity index (χ1) is 11.8. The van der Waals surface area contributed by atoms with Gasteiger partial charge in [0.2, 0.25) is 0 Å². The van der Waals surface area contributed by atoms with Gasteiger partial charge >= 0.3 is 5.69 Å². The van der Waals surface area contributed by atoms with Crippen molar-refractivity contribution in [2.75, 3.05) is 0 Å². The third kappa shape index (κ3) is 2.82. The average molecular weight is 316 g/mol. The van der Waals surface area contributed by atoms with Gasteiger partial charge in [0.25, 0.3) is 0 Å². The fraction of sp³-hybridized carbons (Fsp3) is 0.0500. The summed E-state index contributed by atoms with van der Waals surface area (Å²) in [6, 6.07) is 25.2. The quantitative estimate of drug-likeness (QED) is 0.614. The molecular weight excluding hydrogens is 300 g/mol. The standard InChI is InChI=1S/C20H16N2O2/c23-20-21-18-13-17(24-16-9-5-2-6-10-16)11-12-19(18)22(20)14-15-7-3-1-4-8-15/h1-13H,14H2,(H,21,23). The van der Waals surface area contributed by atoms with E-state index in [1.165, 1.54) is 0 Å². The molecule has 1 heterocycles. The van der Waals surface area contributed by atoms with E-state index in [4.69, 9.17) is 4.74 Å². The van der Waals surface area contributed by atoms with Gasteiger partial charge in [-0.2, -0.15) is 0 Å². The third-order valence-corrected chi connectivity index (χ3v) is 3.91. The third-order valence-electron chi connectivity index (χ3n) is 3.91. The summed E-state index contributed by atoms with van der Waals surface area (Å²) in [5.74, 6) is 1.46. The SMILES string of the molecule is O=c1[nH]c2cc(Oc3ccccc3)ccc2n1Cc1ccccc1. The van der Waals surface area contributed by atoms with Crippen molar-refractivity contribution in [3.63, 3.8) is 0 Å². The molecule has 1 N–H and O–H groups in total. The molecule has 0 saturated carbocycles. The van der Waals surface area contributed by atoms with Crippen LogP contribution in [-0.2, 0) is 6.54 Å². The number of aromatic nitrogens is 2. The van der Waals surface area contributed by atoms with E-state index in [0.717, 1.165) is 22.3 Å². The Morgan fingerprint density at radius 1 is 0.833 bits per heavy atom. The maximum absolute atomic E-state index is 12.3. The molecule has 4 heteroatoms. The van der Waals surface area contributed by atoms with Gasteiger partial charge in [0, 0.05) is 6.07 Å². The number of nitrogens with zero attached hydrogens (tertiary/aromatic N) is 1. The lowest BCUT2D eigenvalue weighted by atomic mass is 10.2. The van der Waals surface area contributed by atoms with Crippen LogP contribution in [0, 0.1) is 0 Å². The largest absolute Gasteiger partial charge is 0.457 e. The van der Waals surface area contributed by atoms with Crippen molar-refractivity contribution in [2.45, 2.75) is 6.54 Å². The molecule has 4 nitrogen and oxygen atoms in total. The first-order valence-electron chi connectivity index (χ1n) is 7.79. The van der Waals surface area contributed by atoms with Gasteiger partial charge in [-0.3, -0.25) is 4.57 Å². The summed E-state index contributed by atoms with van der Waals surface area (Å²) in [4.78, 5) is 15.2. The summed E-state index contributed by atoms with van der Waals surface area (Å²) in [5.41, 5.74) is 2.60. The minimum atomic E-state index is -0.120. The predicted molar refractivity (Wildman–Crippen MR) is 94.6 cm³/mol. The zero-order valence-corrected chi connectivity index (χ0v) is 13.0. The van der Waals surface area contributed by atoms with Crippen molar-refractivity contribution in [1.82, 2.24) is 9.55 Å². The molecule has 0 radical (unpaired) electrons. The average Bonchev–Trinajstić information content (AvgIpc) is 2.92. The van der Waals surface area contributed by atoms with Crippen LogP contribution in [0.4, 0.5) is 0 Å². The maximum Gasteiger partial charge on any atom is 0.326 e. The van der Waals surface area contributed by atoms with Crippen molar-refractivity contribution in [3.05, 3.63) is 94.9 Å². The first kappa shape index (κ1) is 14.3. The van der Waals surface area contributed by atoms with Crippen LogP contribution in [0.3, 0.4) is 0 Å². The fourth-order valence-electron chi connectivity index (χ4n) is 2.75. The Bertz CT molecular complexity index is 1020. The van der Waals surface area contributed by atoms with Crippen molar-refractivity contribution in [1.29, 1.82) is 0 Å². The number of H-pyrrole nitrogens is 1. The molecule has 0 amide bonds. The molecule has 118 valence electrons. The summed E-state index contributed by atoms with van der Waals surface area (Å²) < 4.78 is 7.56. The molecule has 0 aliphatic rings. The highest BCUT2D eigenvalue weighted by atomic mass is 16.5. The number of nitrogens with one attached hydrogen (secondary N) is 1. The Labute approximate surface area is 139 Å².